The van der Waals surface area contributed by atoms with Crippen LogP contribution in [0.1, 0.15) is 45.6 Å². The molecule has 0 heterocycles. The molecule has 1 rings (SSSR count). The molecule has 21 heavy (non-hydrogen) atoms. The highest BCUT2D eigenvalue weighted by Gasteiger charge is 2.27. The monoisotopic (exact) mass is 312 g/mol. The Morgan fingerprint density at radius 2 is 2.00 bits per heavy atom. The maximum atomic E-state index is 12.9. The van der Waals surface area contributed by atoms with Gasteiger partial charge in [-0.1, -0.05) is 32.4 Å². The Morgan fingerprint density at radius 1 is 1.29 bits per heavy atom. The molecule has 0 aromatic heterocycles. The standard InChI is InChI=1S/C16H28N2O2S/c1-5-7-11-18(14(3)6-2)21(19,20)16-10-8-9-15(12-16)13-17-4/h8-10,12,14,17H,5-7,11,13H2,1-4H3. The molecule has 5 heteroatoms. The van der Waals surface area contributed by atoms with Crippen LogP contribution in [0.2, 0.25) is 0 Å². The van der Waals surface area contributed by atoms with Crippen LogP contribution in [0.15, 0.2) is 29.2 Å². The summed E-state index contributed by atoms with van der Waals surface area (Å²) in [7, 11) is -1.56. The third-order valence-electron chi connectivity index (χ3n) is 3.70. The molecule has 1 N–H and O–H groups in total. The normalized spacial score (nSPS) is 13.6. The van der Waals surface area contributed by atoms with E-state index in [-0.39, 0.29) is 6.04 Å². The van der Waals surface area contributed by atoms with Gasteiger partial charge in [0.2, 0.25) is 10.0 Å². The fourth-order valence-electron chi connectivity index (χ4n) is 2.25. The Labute approximate surface area is 129 Å². The average Bonchev–Trinajstić information content (AvgIpc) is 2.47. The largest absolute Gasteiger partial charge is 0.316 e. The first-order valence-electron chi connectivity index (χ1n) is 7.72. The Morgan fingerprint density at radius 3 is 2.57 bits per heavy atom. The lowest BCUT2D eigenvalue weighted by Crippen LogP contribution is -2.39. The molecule has 0 saturated heterocycles. The molecule has 1 aromatic carbocycles. The van der Waals surface area contributed by atoms with Crippen LogP contribution in [0.25, 0.3) is 0 Å². The Balaban J connectivity index is 3.12. The van der Waals surface area contributed by atoms with Crippen LogP contribution in [0, 0.1) is 0 Å². The maximum Gasteiger partial charge on any atom is 0.243 e. The van der Waals surface area contributed by atoms with E-state index < -0.39 is 10.0 Å². The van der Waals surface area contributed by atoms with Gasteiger partial charge < -0.3 is 5.32 Å². The molecule has 0 aliphatic carbocycles. The molecule has 1 atom stereocenters. The van der Waals surface area contributed by atoms with Gasteiger partial charge in [0.25, 0.3) is 0 Å². The van der Waals surface area contributed by atoms with E-state index in [0.717, 1.165) is 24.8 Å². The summed E-state index contributed by atoms with van der Waals surface area (Å²) in [6.07, 6.45) is 2.70. The second-order valence-corrected chi connectivity index (χ2v) is 7.29. The van der Waals surface area contributed by atoms with Gasteiger partial charge in [0, 0.05) is 19.1 Å². The summed E-state index contributed by atoms with van der Waals surface area (Å²) in [6.45, 7) is 7.34. The highest BCUT2D eigenvalue weighted by Crippen LogP contribution is 2.21. The highest BCUT2D eigenvalue weighted by atomic mass is 32.2. The highest BCUT2D eigenvalue weighted by molar-refractivity contribution is 7.89. The predicted molar refractivity (Wildman–Crippen MR) is 87.8 cm³/mol. The van der Waals surface area contributed by atoms with Crippen LogP contribution in [0.3, 0.4) is 0 Å². The van der Waals surface area contributed by atoms with Crippen LogP contribution in [-0.2, 0) is 16.6 Å². The fraction of sp³-hybridized carbons (Fsp3) is 0.625. The molecule has 1 aromatic rings. The van der Waals surface area contributed by atoms with Gasteiger partial charge in [0.15, 0.2) is 0 Å². The van der Waals surface area contributed by atoms with Crippen molar-refractivity contribution in [1.29, 1.82) is 0 Å². The zero-order valence-corrected chi connectivity index (χ0v) is 14.4. The van der Waals surface area contributed by atoms with E-state index >= 15 is 0 Å². The van der Waals surface area contributed by atoms with Gasteiger partial charge >= 0.3 is 0 Å². The van der Waals surface area contributed by atoms with E-state index in [4.69, 9.17) is 0 Å². The Kier molecular flexibility index (Phi) is 7.35. The van der Waals surface area contributed by atoms with Gasteiger partial charge in [-0.3, -0.25) is 0 Å². The lowest BCUT2D eigenvalue weighted by molar-refractivity contribution is 0.324. The number of hydrogen-bond acceptors (Lipinski definition) is 3. The third-order valence-corrected chi connectivity index (χ3v) is 5.71. The van der Waals surface area contributed by atoms with Crippen molar-refractivity contribution < 1.29 is 8.42 Å². The molecule has 0 spiro atoms. The summed E-state index contributed by atoms with van der Waals surface area (Å²) in [5.74, 6) is 0. The molecular formula is C16H28N2O2S. The number of unbranched alkanes of at least 4 members (excludes halogenated alkanes) is 1. The SMILES string of the molecule is CCCCN(C(C)CC)S(=O)(=O)c1cccc(CNC)c1. The minimum absolute atomic E-state index is 0.0227. The van der Waals surface area contributed by atoms with Crippen molar-refractivity contribution in [3.8, 4) is 0 Å². The van der Waals surface area contributed by atoms with Crippen molar-refractivity contribution in [2.75, 3.05) is 13.6 Å². The van der Waals surface area contributed by atoms with E-state index in [1.807, 2.05) is 33.0 Å². The average molecular weight is 312 g/mol. The van der Waals surface area contributed by atoms with E-state index in [0.29, 0.717) is 18.0 Å². The van der Waals surface area contributed by atoms with E-state index in [1.54, 1.807) is 16.4 Å². The first-order valence-corrected chi connectivity index (χ1v) is 9.16. The topological polar surface area (TPSA) is 49.4 Å². The summed E-state index contributed by atoms with van der Waals surface area (Å²) in [6, 6.07) is 7.24. The van der Waals surface area contributed by atoms with Gasteiger partial charge in [-0.25, -0.2) is 8.42 Å². The van der Waals surface area contributed by atoms with Crippen molar-refractivity contribution in [1.82, 2.24) is 9.62 Å². The number of nitrogens with one attached hydrogen (secondary N) is 1. The minimum Gasteiger partial charge on any atom is -0.316 e. The molecule has 0 aliphatic rings. The first kappa shape index (κ1) is 18.1. The molecule has 0 amide bonds. The summed E-state index contributed by atoms with van der Waals surface area (Å²) < 4.78 is 27.4. The zero-order valence-electron chi connectivity index (χ0n) is 13.6. The van der Waals surface area contributed by atoms with Crippen LogP contribution in [-0.4, -0.2) is 32.4 Å². The molecule has 0 fully saturated rings. The van der Waals surface area contributed by atoms with Crippen molar-refractivity contribution in [2.45, 2.75) is 57.5 Å². The number of sulfonamides is 1. The molecule has 0 radical (unpaired) electrons. The van der Waals surface area contributed by atoms with Crippen LogP contribution in [0.5, 0.6) is 0 Å². The number of hydrogen-bond donors (Lipinski definition) is 1. The summed E-state index contributed by atoms with van der Waals surface area (Å²) in [4.78, 5) is 0.395. The molecule has 0 saturated carbocycles. The zero-order chi connectivity index (χ0) is 15.9. The Bertz CT molecular complexity index is 529. The van der Waals surface area contributed by atoms with Gasteiger partial charge in [-0.15, -0.1) is 0 Å². The van der Waals surface area contributed by atoms with Crippen LogP contribution in [0.4, 0.5) is 0 Å². The molecule has 0 bridgehead atoms. The quantitative estimate of drug-likeness (QED) is 0.762. The smallest absolute Gasteiger partial charge is 0.243 e. The minimum atomic E-state index is -3.42. The van der Waals surface area contributed by atoms with Gasteiger partial charge in [0.1, 0.15) is 0 Å². The second-order valence-electron chi connectivity index (χ2n) is 5.40. The van der Waals surface area contributed by atoms with Crippen molar-refractivity contribution in [3.05, 3.63) is 29.8 Å². The molecule has 4 nitrogen and oxygen atoms in total. The van der Waals surface area contributed by atoms with Gasteiger partial charge in [-0.05, 0) is 44.5 Å². The Hall–Kier alpha value is -0.910. The lowest BCUT2D eigenvalue weighted by atomic mass is 10.2. The molecule has 1 unspecified atom stereocenters. The van der Waals surface area contributed by atoms with Crippen LogP contribution < -0.4 is 5.32 Å². The van der Waals surface area contributed by atoms with Crippen LogP contribution >= 0.6 is 0 Å². The van der Waals surface area contributed by atoms with E-state index in [1.165, 1.54) is 0 Å². The van der Waals surface area contributed by atoms with Gasteiger partial charge in [0.05, 0.1) is 4.90 Å². The molecule has 120 valence electrons. The fourth-order valence-corrected chi connectivity index (χ4v) is 4.06. The maximum absolute atomic E-state index is 12.9. The molecule has 0 aliphatic heterocycles. The second kappa shape index (κ2) is 8.51. The first-order chi connectivity index (χ1) is 9.97. The van der Waals surface area contributed by atoms with Crippen molar-refractivity contribution in [2.24, 2.45) is 0 Å². The van der Waals surface area contributed by atoms with Crippen molar-refractivity contribution >= 4 is 10.0 Å². The number of nitrogens with zero attached hydrogens (tertiary/aromatic N) is 1. The van der Waals surface area contributed by atoms with E-state index in [2.05, 4.69) is 12.2 Å². The lowest BCUT2D eigenvalue weighted by Gasteiger charge is -2.27. The van der Waals surface area contributed by atoms with Crippen molar-refractivity contribution in [3.63, 3.8) is 0 Å². The predicted octanol–water partition coefficient (Wildman–Crippen LogP) is 3.00. The number of rotatable bonds is 9. The summed E-state index contributed by atoms with van der Waals surface area (Å²) in [5, 5.41) is 3.05. The molecular weight excluding hydrogens is 284 g/mol. The van der Waals surface area contributed by atoms with E-state index in [9.17, 15) is 8.42 Å². The number of benzene rings is 1. The summed E-state index contributed by atoms with van der Waals surface area (Å²) >= 11 is 0. The summed E-state index contributed by atoms with van der Waals surface area (Å²) in [5.41, 5.74) is 0.984. The van der Waals surface area contributed by atoms with Gasteiger partial charge in [-0.2, -0.15) is 4.31 Å². The third kappa shape index (κ3) is 4.80.